The lowest BCUT2D eigenvalue weighted by Crippen LogP contribution is -2.40. The second-order valence-corrected chi connectivity index (χ2v) is 4.48. The molecule has 1 heterocycles. The maximum atomic E-state index is 9.18. The van der Waals surface area contributed by atoms with E-state index in [1.165, 1.54) is 0 Å². The number of aliphatic hydroxyl groups excluding tert-OH is 1. The van der Waals surface area contributed by atoms with Gasteiger partial charge in [0.25, 0.3) is 0 Å². The van der Waals surface area contributed by atoms with Gasteiger partial charge in [-0.3, -0.25) is 0 Å². The maximum absolute atomic E-state index is 9.18. The maximum Gasteiger partial charge on any atom is 0.177 e. The van der Waals surface area contributed by atoms with Crippen molar-refractivity contribution >= 4 is 15.9 Å². The molecule has 0 aromatic heterocycles. The number of rotatable bonds is 6. The zero-order valence-corrected chi connectivity index (χ0v) is 10.9. The zero-order chi connectivity index (χ0) is 12.0. The molecule has 4 nitrogen and oxygen atoms in total. The van der Waals surface area contributed by atoms with Crippen molar-refractivity contribution in [3.8, 4) is 0 Å². The summed E-state index contributed by atoms with van der Waals surface area (Å²) in [6.45, 7) is 6.41. The minimum absolute atomic E-state index is 0.104. The van der Waals surface area contributed by atoms with Gasteiger partial charge in [-0.25, -0.2) is 0 Å². The summed E-state index contributed by atoms with van der Waals surface area (Å²) in [6, 6.07) is 0. The smallest absolute Gasteiger partial charge is 0.177 e. The molecule has 0 amide bonds. The van der Waals surface area contributed by atoms with Gasteiger partial charge in [0.15, 0.2) is 6.29 Å². The summed E-state index contributed by atoms with van der Waals surface area (Å²) >= 11 is 3.21. The van der Waals surface area contributed by atoms with Crippen LogP contribution >= 0.6 is 15.9 Å². The van der Waals surface area contributed by atoms with Crippen LogP contribution in [0, 0.1) is 0 Å². The monoisotopic (exact) mass is 292 g/mol. The summed E-state index contributed by atoms with van der Waals surface area (Å²) < 4.78 is 17.0. The highest BCUT2D eigenvalue weighted by molar-refractivity contribution is 9.11. The van der Waals surface area contributed by atoms with Gasteiger partial charge in [-0.05, 0) is 13.0 Å². The highest BCUT2D eigenvalue weighted by atomic mass is 79.9. The Balaban J connectivity index is 2.50. The van der Waals surface area contributed by atoms with E-state index in [4.69, 9.17) is 14.2 Å². The second kappa shape index (κ2) is 7.19. The van der Waals surface area contributed by atoms with Crippen LogP contribution in [-0.4, -0.2) is 43.4 Å². The fourth-order valence-electron chi connectivity index (χ4n) is 1.37. The third-order valence-corrected chi connectivity index (χ3v) is 2.31. The quantitative estimate of drug-likeness (QED) is 0.756. The summed E-state index contributed by atoms with van der Waals surface area (Å²) in [7, 11) is 0. The molecule has 0 saturated heterocycles. The molecule has 3 atom stereocenters. The van der Waals surface area contributed by atoms with Crippen molar-refractivity contribution < 1.29 is 19.3 Å². The number of halogens is 1. The molecule has 0 fully saturated rings. The van der Waals surface area contributed by atoms with E-state index in [-0.39, 0.29) is 12.7 Å². The highest BCUT2D eigenvalue weighted by Gasteiger charge is 2.27. The van der Waals surface area contributed by atoms with Crippen molar-refractivity contribution in [1.29, 1.82) is 0 Å². The van der Waals surface area contributed by atoms with Crippen LogP contribution in [0.2, 0.25) is 0 Å². The lowest BCUT2D eigenvalue weighted by molar-refractivity contribution is -0.184. The molecule has 0 spiro atoms. The number of aliphatic hydroxyl groups is 1. The van der Waals surface area contributed by atoms with Gasteiger partial charge in [-0.15, -0.1) is 0 Å². The predicted molar refractivity (Wildman–Crippen MR) is 64.3 cm³/mol. The summed E-state index contributed by atoms with van der Waals surface area (Å²) in [5.74, 6) is 0. The van der Waals surface area contributed by atoms with Crippen molar-refractivity contribution in [2.24, 2.45) is 0 Å². The van der Waals surface area contributed by atoms with E-state index in [9.17, 15) is 5.11 Å². The van der Waals surface area contributed by atoms with Crippen molar-refractivity contribution in [2.45, 2.75) is 25.4 Å². The summed E-state index contributed by atoms with van der Waals surface area (Å²) in [5.41, 5.74) is 0. The molecule has 1 aliphatic rings. The van der Waals surface area contributed by atoms with Gasteiger partial charge >= 0.3 is 0 Å². The molecule has 0 aromatic carbocycles. The highest BCUT2D eigenvalue weighted by Crippen LogP contribution is 2.17. The van der Waals surface area contributed by atoms with Gasteiger partial charge < -0.3 is 19.3 Å². The van der Waals surface area contributed by atoms with E-state index in [2.05, 4.69) is 22.5 Å². The molecule has 0 aliphatic carbocycles. The Kier molecular flexibility index (Phi) is 6.23. The van der Waals surface area contributed by atoms with Crippen LogP contribution in [0.1, 0.15) is 6.92 Å². The van der Waals surface area contributed by atoms with Gasteiger partial charge in [0.1, 0.15) is 12.2 Å². The number of hydrogen-bond acceptors (Lipinski definition) is 4. The summed E-state index contributed by atoms with van der Waals surface area (Å²) in [6.07, 6.45) is 2.58. The van der Waals surface area contributed by atoms with E-state index in [1.54, 1.807) is 6.08 Å². The molecular weight excluding hydrogens is 276 g/mol. The largest absolute Gasteiger partial charge is 0.394 e. The molecule has 16 heavy (non-hydrogen) atoms. The molecule has 5 heteroatoms. The van der Waals surface area contributed by atoms with Crippen LogP contribution in [0.25, 0.3) is 0 Å². The Labute approximate surface area is 104 Å². The van der Waals surface area contributed by atoms with Crippen molar-refractivity contribution in [2.75, 3.05) is 19.8 Å². The lowest BCUT2D eigenvalue weighted by atomic mass is 10.1. The van der Waals surface area contributed by atoms with E-state index in [1.807, 2.05) is 13.0 Å². The molecule has 0 unspecified atom stereocenters. The lowest BCUT2D eigenvalue weighted by Gasteiger charge is -2.30. The molecule has 92 valence electrons. The number of hydrogen-bond donors (Lipinski definition) is 1. The minimum atomic E-state index is -0.395. The van der Waals surface area contributed by atoms with E-state index < -0.39 is 12.4 Å². The average molecular weight is 293 g/mol. The van der Waals surface area contributed by atoms with Gasteiger partial charge in [0.05, 0.1) is 13.2 Å². The molecule has 1 rings (SSSR count). The molecule has 0 radical (unpaired) electrons. The van der Waals surface area contributed by atoms with E-state index >= 15 is 0 Å². The Morgan fingerprint density at radius 2 is 2.25 bits per heavy atom. The molecule has 0 aromatic rings. The first-order valence-electron chi connectivity index (χ1n) is 5.18. The molecule has 0 bridgehead atoms. The molecule has 1 aliphatic heterocycles. The molecular formula is C11H17BrO4. The summed E-state index contributed by atoms with van der Waals surface area (Å²) in [4.78, 5) is 0. The zero-order valence-electron chi connectivity index (χ0n) is 9.27. The van der Waals surface area contributed by atoms with Crippen LogP contribution in [0.4, 0.5) is 0 Å². The Morgan fingerprint density at radius 1 is 1.50 bits per heavy atom. The van der Waals surface area contributed by atoms with E-state index in [0.29, 0.717) is 13.2 Å². The standard InChI is InChI=1S/C11H17BrO4/c1-3-14-11-5-4-9(10(6-13)16-11)15-7-8(2)12/h4-5,9-11,13H,2-3,6-7H2,1H3/t9-,10+,11-/m0/s1. The third-order valence-electron chi connectivity index (χ3n) is 2.08. The fourth-order valence-corrected chi connectivity index (χ4v) is 1.51. The molecule has 1 N–H and O–H groups in total. The van der Waals surface area contributed by atoms with Crippen LogP contribution in [0.15, 0.2) is 23.2 Å². The Bertz CT molecular complexity index is 254. The van der Waals surface area contributed by atoms with Crippen molar-refractivity contribution in [3.63, 3.8) is 0 Å². The Morgan fingerprint density at radius 3 is 2.81 bits per heavy atom. The van der Waals surface area contributed by atoms with Crippen LogP contribution in [0.5, 0.6) is 0 Å². The van der Waals surface area contributed by atoms with Crippen LogP contribution in [-0.2, 0) is 14.2 Å². The van der Waals surface area contributed by atoms with Crippen LogP contribution in [0.3, 0.4) is 0 Å². The fraction of sp³-hybridized carbons (Fsp3) is 0.636. The minimum Gasteiger partial charge on any atom is -0.394 e. The predicted octanol–water partition coefficient (Wildman–Crippen LogP) is 1.59. The first kappa shape index (κ1) is 13.9. The summed E-state index contributed by atoms with van der Waals surface area (Å²) in [5, 5.41) is 9.18. The van der Waals surface area contributed by atoms with E-state index in [0.717, 1.165) is 4.48 Å². The second-order valence-electron chi connectivity index (χ2n) is 3.36. The third kappa shape index (κ3) is 4.35. The normalized spacial score (nSPS) is 29.3. The number of ether oxygens (including phenoxy) is 3. The van der Waals surface area contributed by atoms with Crippen molar-refractivity contribution in [1.82, 2.24) is 0 Å². The van der Waals surface area contributed by atoms with Gasteiger partial charge in [0, 0.05) is 11.1 Å². The van der Waals surface area contributed by atoms with Gasteiger partial charge in [-0.1, -0.05) is 28.6 Å². The first-order chi connectivity index (χ1) is 7.67. The van der Waals surface area contributed by atoms with Crippen LogP contribution < -0.4 is 0 Å². The van der Waals surface area contributed by atoms with Gasteiger partial charge in [-0.2, -0.15) is 0 Å². The Hall–Kier alpha value is -0.200. The topological polar surface area (TPSA) is 47.9 Å². The van der Waals surface area contributed by atoms with Crippen molar-refractivity contribution in [3.05, 3.63) is 23.2 Å². The SMILES string of the molecule is C=C(Br)CO[C@H]1C=C[C@@H](OCC)O[C@@H]1CO. The first-order valence-corrected chi connectivity index (χ1v) is 5.97. The molecule has 0 saturated carbocycles. The van der Waals surface area contributed by atoms with Gasteiger partial charge in [0.2, 0.25) is 0 Å². The average Bonchev–Trinajstić information content (AvgIpc) is 2.27.